The quantitative estimate of drug-likeness (QED) is 0.827. The summed E-state index contributed by atoms with van der Waals surface area (Å²) < 4.78 is 11.2. The topological polar surface area (TPSA) is 63.4 Å². The number of ether oxygens (including phenoxy) is 1. The molecule has 1 fully saturated rings. The molecule has 0 amide bonds. The van der Waals surface area contributed by atoms with Gasteiger partial charge in [-0.1, -0.05) is 12.0 Å². The summed E-state index contributed by atoms with van der Waals surface area (Å²) in [5, 5.41) is 11.4. The molecule has 0 aliphatic carbocycles. The molecule has 0 bridgehead atoms. The lowest BCUT2D eigenvalue weighted by molar-refractivity contribution is 0.115. The number of hydrogen-bond acceptors (Lipinski definition) is 6. The molecule has 2 heterocycles. The second-order valence-corrected chi connectivity index (χ2v) is 4.72. The van der Waals surface area contributed by atoms with Crippen LogP contribution in [-0.4, -0.2) is 43.0 Å². The summed E-state index contributed by atoms with van der Waals surface area (Å²) in [6.07, 6.45) is 2.54. The average molecular weight is 254 g/mol. The van der Waals surface area contributed by atoms with Gasteiger partial charge in [0, 0.05) is 20.2 Å². The lowest BCUT2D eigenvalue weighted by Crippen LogP contribution is -2.28. The summed E-state index contributed by atoms with van der Waals surface area (Å²) in [6, 6.07) is 0.651. The Bertz CT molecular complexity index is 363. The van der Waals surface area contributed by atoms with Crippen molar-refractivity contribution in [1.29, 1.82) is 0 Å². The SMILES string of the molecule is CCNC(C)c1nnc(N(C)CC2CCCO2)o1. The molecule has 0 radical (unpaired) electrons. The van der Waals surface area contributed by atoms with Crippen molar-refractivity contribution in [3.63, 3.8) is 0 Å². The van der Waals surface area contributed by atoms with Gasteiger partial charge in [-0.05, 0) is 26.3 Å². The first kappa shape index (κ1) is 13.3. The van der Waals surface area contributed by atoms with Gasteiger partial charge in [0.05, 0.1) is 12.1 Å². The Hall–Kier alpha value is -1.14. The maximum absolute atomic E-state index is 5.66. The van der Waals surface area contributed by atoms with Gasteiger partial charge in [-0.25, -0.2) is 0 Å². The summed E-state index contributed by atoms with van der Waals surface area (Å²) in [5.74, 6) is 0.631. The smallest absolute Gasteiger partial charge is 0.318 e. The fourth-order valence-electron chi connectivity index (χ4n) is 2.12. The van der Waals surface area contributed by atoms with Crippen LogP contribution >= 0.6 is 0 Å². The van der Waals surface area contributed by atoms with E-state index in [0.717, 1.165) is 32.5 Å². The van der Waals surface area contributed by atoms with E-state index in [1.165, 1.54) is 0 Å². The number of hydrogen-bond donors (Lipinski definition) is 1. The van der Waals surface area contributed by atoms with Crippen molar-refractivity contribution in [1.82, 2.24) is 15.5 Å². The van der Waals surface area contributed by atoms with Crippen molar-refractivity contribution in [2.24, 2.45) is 0 Å². The minimum atomic E-state index is 0.0902. The minimum Gasteiger partial charge on any atom is -0.406 e. The van der Waals surface area contributed by atoms with Gasteiger partial charge in [-0.15, -0.1) is 5.10 Å². The Morgan fingerprint density at radius 1 is 1.50 bits per heavy atom. The van der Waals surface area contributed by atoms with Gasteiger partial charge in [0.15, 0.2) is 0 Å². The molecule has 1 aromatic rings. The van der Waals surface area contributed by atoms with Crippen LogP contribution in [0.1, 0.15) is 38.6 Å². The first-order valence-electron chi connectivity index (χ1n) is 6.60. The first-order valence-corrected chi connectivity index (χ1v) is 6.60. The molecule has 18 heavy (non-hydrogen) atoms. The van der Waals surface area contributed by atoms with E-state index in [9.17, 15) is 0 Å². The lowest BCUT2D eigenvalue weighted by atomic mass is 10.2. The standard InChI is InChI=1S/C12H22N4O2/c1-4-13-9(2)11-14-15-12(18-11)16(3)8-10-6-5-7-17-10/h9-10,13H,4-8H2,1-3H3. The van der Waals surface area contributed by atoms with Gasteiger partial charge in [0.25, 0.3) is 0 Å². The number of aromatic nitrogens is 2. The second-order valence-electron chi connectivity index (χ2n) is 4.72. The number of nitrogens with zero attached hydrogens (tertiary/aromatic N) is 3. The summed E-state index contributed by atoms with van der Waals surface area (Å²) >= 11 is 0. The van der Waals surface area contributed by atoms with Gasteiger partial charge in [-0.3, -0.25) is 0 Å². The highest BCUT2D eigenvalue weighted by Gasteiger charge is 2.21. The number of anilines is 1. The van der Waals surface area contributed by atoms with E-state index >= 15 is 0 Å². The van der Waals surface area contributed by atoms with Gasteiger partial charge in [0.2, 0.25) is 5.89 Å². The highest BCUT2D eigenvalue weighted by molar-refractivity contribution is 5.22. The molecule has 0 aromatic carbocycles. The van der Waals surface area contributed by atoms with E-state index in [0.29, 0.717) is 11.9 Å². The zero-order chi connectivity index (χ0) is 13.0. The molecule has 0 spiro atoms. The van der Waals surface area contributed by atoms with Crippen molar-refractivity contribution < 1.29 is 9.15 Å². The van der Waals surface area contributed by atoms with Crippen molar-refractivity contribution in [3.8, 4) is 0 Å². The van der Waals surface area contributed by atoms with Crippen LogP contribution < -0.4 is 10.2 Å². The van der Waals surface area contributed by atoms with Gasteiger partial charge in [-0.2, -0.15) is 0 Å². The number of likely N-dealkylation sites (N-methyl/N-ethyl adjacent to an activating group) is 1. The van der Waals surface area contributed by atoms with E-state index in [1.54, 1.807) is 0 Å². The molecule has 1 N–H and O–H groups in total. The fourth-order valence-corrected chi connectivity index (χ4v) is 2.12. The molecule has 1 aromatic heterocycles. The van der Waals surface area contributed by atoms with Crippen LogP contribution in [0.2, 0.25) is 0 Å². The van der Waals surface area contributed by atoms with E-state index in [1.807, 2.05) is 18.9 Å². The summed E-state index contributed by atoms with van der Waals surface area (Å²) in [5.41, 5.74) is 0. The van der Waals surface area contributed by atoms with E-state index < -0.39 is 0 Å². The first-order chi connectivity index (χ1) is 8.70. The average Bonchev–Trinajstić information content (AvgIpc) is 2.99. The van der Waals surface area contributed by atoms with Crippen LogP contribution in [0.4, 0.5) is 6.01 Å². The number of rotatable bonds is 6. The van der Waals surface area contributed by atoms with Crippen molar-refractivity contribution in [3.05, 3.63) is 5.89 Å². The Labute approximate surface area is 108 Å². The molecular formula is C12H22N4O2. The molecule has 1 saturated heterocycles. The van der Waals surface area contributed by atoms with E-state index in [2.05, 4.69) is 22.4 Å². The van der Waals surface area contributed by atoms with E-state index in [4.69, 9.17) is 9.15 Å². The normalized spacial score (nSPS) is 21.2. The maximum atomic E-state index is 5.66. The monoisotopic (exact) mass is 254 g/mol. The van der Waals surface area contributed by atoms with Crippen LogP contribution in [0.25, 0.3) is 0 Å². The molecular weight excluding hydrogens is 232 g/mol. The highest BCUT2D eigenvalue weighted by Crippen LogP contribution is 2.19. The van der Waals surface area contributed by atoms with Crippen molar-refractivity contribution >= 4 is 6.01 Å². The zero-order valence-electron chi connectivity index (χ0n) is 11.3. The summed E-state index contributed by atoms with van der Waals surface area (Å²) in [6.45, 7) is 6.62. The highest BCUT2D eigenvalue weighted by atomic mass is 16.5. The molecule has 1 aliphatic heterocycles. The maximum Gasteiger partial charge on any atom is 0.318 e. The van der Waals surface area contributed by atoms with Crippen LogP contribution in [0.3, 0.4) is 0 Å². The van der Waals surface area contributed by atoms with Crippen LogP contribution in [0.15, 0.2) is 4.42 Å². The van der Waals surface area contributed by atoms with Crippen molar-refractivity contribution in [2.45, 2.75) is 38.8 Å². The van der Waals surface area contributed by atoms with Gasteiger partial charge >= 0.3 is 6.01 Å². The third kappa shape index (κ3) is 3.20. The molecule has 0 saturated carbocycles. The van der Waals surface area contributed by atoms with Crippen molar-refractivity contribution in [2.75, 3.05) is 31.6 Å². The fraction of sp³-hybridized carbons (Fsp3) is 0.833. The predicted molar refractivity (Wildman–Crippen MR) is 68.6 cm³/mol. The van der Waals surface area contributed by atoms with Crippen LogP contribution in [0, 0.1) is 0 Å². The summed E-state index contributed by atoms with van der Waals surface area (Å²) in [7, 11) is 1.96. The third-order valence-corrected chi connectivity index (χ3v) is 3.14. The van der Waals surface area contributed by atoms with Crippen LogP contribution in [-0.2, 0) is 4.74 Å². The minimum absolute atomic E-state index is 0.0902. The number of nitrogens with one attached hydrogen (secondary N) is 1. The largest absolute Gasteiger partial charge is 0.406 e. The Morgan fingerprint density at radius 3 is 3.00 bits per heavy atom. The van der Waals surface area contributed by atoms with E-state index in [-0.39, 0.29) is 12.1 Å². The molecule has 2 rings (SSSR count). The Balaban J connectivity index is 1.91. The molecule has 2 unspecified atom stereocenters. The Morgan fingerprint density at radius 2 is 2.33 bits per heavy atom. The Kier molecular flexibility index (Phi) is 4.54. The molecule has 1 aliphatic rings. The molecule has 102 valence electrons. The summed E-state index contributed by atoms with van der Waals surface area (Å²) in [4.78, 5) is 1.96. The van der Waals surface area contributed by atoms with Gasteiger partial charge < -0.3 is 19.4 Å². The lowest BCUT2D eigenvalue weighted by Gasteiger charge is -2.18. The molecule has 6 nitrogen and oxygen atoms in total. The van der Waals surface area contributed by atoms with Crippen LogP contribution in [0.5, 0.6) is 0 Å². The zero-order valence-corrected chi connectivity index (χ0v) is 11.3. The second kappa shape index (κ2) is 6.15. The van der Waals surface area contributed by atoms with Gasteiger partial charge in [0.1, 0.15) is 0 Å². The molecule has 6 heteroatoms. The third-order valence-electron chi connectivity index (χ3n) is 3.14. The molecule has 2 atom stereocenters. The predicted octanol–water partition coefficient (Wildman–Crippen LogP) is 1.36.